The van der Waals surface area contributed by atoms with Crippen LogP contribution in [0.2, 0.25) is 0 Å². The summed E-state index contributed by atoms with van der Waals surface area (Å²) in [4.78, 5) is 22.9. The minimum atomic E-state index is -0.471. The number of alkyl carbamates (subject to hydrolysis) is 1. The topological polar surface area (TPSA) is 67.4 Å². The average Bonchev–Trinajstić information content (AvgIpc) is 2.45. The van der Waals surface area contributed by atoms with Gasteiger partial charge in [-0.3, -0.25) is 0 Å². The Morgan fingerprint density at radius 2 is 2.22 bits per heavy atom. The van der Waals surface area contributed by atoms with Gasteiger partial charge in [-0.15, -0.1) is 0 Å². The fraction of sp³-hybridized carbons (Fsp3) is 0.706. The van der Waals surface area contributed by atoms with Crippen molar-refractivity contribution in [3.8, 4) is 0 Å². The highest BCUT2D eigenvalue weighted by molar-refractivity contribution is 5.68. The number of nitrogens with zero attached hydrogens (tertiary/aromatic N) is 3. The minimum absolute atomic E-state index is 0.0654. The molecule has 23 heavy (non-hydrogen) atoms. The summed E-state index contributed by atoms with van der Waals surface area (Å²) in [5.74, 6) is 2.13. The summed E-state index contributed by atoms with van der Waals surface area (Å²) in [7, 11) is 0. The predicted octanol–water partition coefficient (Wildman–Crippen LogP) is 2.91. The highest BCUT2D eigenvalue weighted by Gasteiger charge is 2.27. The van der Waals surface area contributed by atoms with Gasteiger partial charge in [0.25, 0.3) is 0 Å². The molecular formula is C17H28N4O2. The lowest BCUT2D eigenvalue weighted by Crippen LogP contribution is -2.47. The summed E-state index contributed by atoms with van der Waals surface area (Å²) in [5.41, 5.74) is -0.471. The Kier molecular flexibility index (Phi) is 5.44. The van der Waals surface area contributed by atoms with E-state index in [1.807, 2.05) is 40.7 Å². The van der Waals surface area contributed by atoms with Crippen molar-refractivity contribution in [1.82, 2.24) is 15.3 Å². The molecule has 2 unspecified atom stereocenters. The van der Waals surface area contributed by atoms with Crippen LogP contribution >= 0.6 is 0 Å². The van der Waals surface area contributed by atoms with Crippen molar-refractivity contribution in [1.29, 1.82) is 0 Å². The van der Waals surface area contributed by atoms with E-state index in [9.17, 15) is 4.79 Å². The largest absolute Gasteiger partial charge is 0.444 e. The summed E-state index contributed by atoms with van der Waals surface area (Å²) in [6.07, 6.45) is 3.63. The number of rotatable bonds is 3. The van der Waals surface area contributed by atoms with Crippen molar-refractivity contribution in [2.24, 2.45) is 5.92 Å². The average molecular weight is 320 g/mol. The lowest BCUT2D eigenvalue weighted by Gasteiger charge is -2.36. The summed E-state index contributed by atoms with van der Waals surface area (Å²) in [6.45, 7) is 11.4. The summed E-state index contributed by atoms with van der Waals surface area (Å²) in [5, 5.41) is 2.97. The molecule has 1 aliphatic heterocycles. The van der Waals surface area contributed by atoms with E-state index in [-0.39, 0.29) is 12.1 Å². The van der Waals surface area contributed by atoms with Crippen LogP contribution < -0.4 is 10.2 Å². The van der Waals surface area contributed by atoms with Gasteiger partial charge in [0.1, 0.15) is 17.2 Å². The number of hydrogen-bond acceptors (Lipinski definition) is 5. The molecule has 0 spiro atoms. The van der Waals surface area contributed by atoms with Crippen LogP contribution in [0.25, 0.3) is 0 Å². The van der Waals surface area contributed by atoms with Gasteiger partial charge in [0.15, 0.2) is 0 Å². The number of anilines is 1. The molecule has 2 rings (SSSR count). The van der Waals surface area contributed by atoms with Gasteiger partial charge in [-0.25, -0.2) is 14.8 Å². The molecule has 6 nitrogen and oxygen atoms in total. The van der Waals surface area contributed by atoms with Gasteiger partial charge < -0.3 is 15.0 Å². The minimum Gasteiger partial charge on any atom is -0.444 e. The second-order valence-corrected chi connectivity index (χ2v) is 7.25. The van der Waals surface area contributed by atoms with Gasteiger partial charge in [-0.2, -0.15) is 0 Å². The van der Waals surface area contributed by atoms with E-state index in [1.54, 1.807) is 6.20 Å². The number of aromatic nitrogens is 2. The first-order chi connectivity index (χ1) is 10.7. The molecule has 0 radical (unpaired) electrons. The van der Waals surface area contributed by atoms with Crippen LogP contribution in [0.15, 0.2) is 12.3 Å². The molecule has 0 aromatic carbocycles. The Bertz CT molecular complexity index is 542. The zero-order chi connectivity index (χ0) is 17.0. The molecule has 2 atom stereocenters. The molecule has 2 heterocycles. The van der Waals surface area contributed by atoms with Gasteiger partial charge in [-0.1, -0.05) is 0 Å². The molecule has 1 aromatic rings. The van der Waals surface area contributed by atoms with Gasteiger partial charge in [0.2, 0.25) is 0 Å². The zero-order valence-electron chi connectivity index (χ0n) is 14.8. The van der Waals surface area contributed by atoms with Crippen LogP contribution in [0.1, 0.15) is 46.4 Å². The monoisotopic (exact) mass is 320 g/mol. The first-order valence-corrected chi connectivity index (χ1v) is 8.29. The highest BCUT2D eigenvalue weighted by atomic mass is 16.6. The summed E-state index contributed by atoms with van der Waals surface area (Å²) >= 11 is 0. The van der Waals surface area contributed by atoms with Crippen molar-refractivity contribution >= 4 is 11.9 Å². The molecule has 128 valence electrons. The standard InChI is InChI=1S/C17H28N4O2/c1-12(19-16(22)23-17(3,4)5)14-7-6-10-21(11-14)15-8-9-18-13(2)20-15/h8-9,12,14H,6-7,10-11H2,1-5H3,(H,19,22). The lowest BCUT2D eigenvalue weighted by molar-refractivity contribution is 0.0489. The first kappa shape index (κ1) is 17.5. The number of piperidine rings is 1. The SMILES string of the molecule is Cc1nccc(N2CCCC(C(C)NC(=O)OC(C)(C)C)C2)n1. The fourth-order valence-corrected chi connectivity index (χ4v) is 2.86. The third kappa shape index (κ3) is 5.37. The van der Waals surface area contributed by atoms with Gasteiger partial charge >= 0.3 is 6.09 Å². The molecule has 0 saturated carbocycles. The van der Waals surface area contributed by atoms with Crippen LogP contribution in [0.4, 0.5) is 10.6 Å². The molecular weight excluding hydrogens is 292 g/mol. The van der Waals surface area contributed by atoms with Crippen molar-refractivity contribution in [2.75, 3.05) is 18.0 Å². The van der Waals surface area contributed by atoms with Crippen molar-refractivity contribution in [3.63, 3.8) is 0 Å². The third-order valence-electron chi connectivity index (χ3n) is 3.99. The fourth-order valence-electron chi connectivity index (χ4n) is 2.86. The van der Waals surface area contributed by atoms with Gasteiger partial charge in [0.05, 0.1) is 0 Å². The van der Waals surface area contributed by atoms with E-state index in [2.05, 4.69) is 20.2 Å². The maximum absolute atomic E-state index is 11.9. The molecule has 6 heteroatoms. The molecule has 0 bridgehead atoms. The quantitative estimate of drug-likeness (QED) is 0.927. The van der Waals surface area contributed by atoms with Crippen LogP contribution in [0.3, 0.4) is 0 Å². The summed E-state index contributed by atoms with van der Waals surface area (Å²) in [6, 6.07) is 2.01. The van der Waals surface area contributed by atoms with Crippen LogP contribution in [-0.4, -0.2) is 40.8 Å². The number of carbonyl (C=O) groups is 1. The number of ether oxygens (including phenoxy) is 1. The Morgan fingerprint density at radius 1 is 1.48 bits per heavy atom. The Hall–Kier alpha value is -1.85. The van der Waals surface area contributed by atoms with E-state index in [1.165, 1.54) is 0 Å². The van der Waals surface area contributed by atoms with Crippen molar-refractivity contribution in [2.45, 2.75) is 59.1 Å². The zero-order valence-corrected chi connectivity index (χ0v) is 14.8. The van der Waals surface area contributed by atoms with Crippen LogP contribution in [0.5, 0.6) is 0 Å². The number of amides is 1. The van der Waals surface area contributed by atoms with E-state index in [4.69, 9.17) is 4.74 Å². The van der Waals surface area contributed by atoms with E-state index in [0.29, 0.717) is 5.92 Å². The first-order valence-electron chi connectivity index (χ1n) is 8.29. The second-order valence-electron chi connectivity index (χ2n) is 7.25. The van der Waals surface area contributed by atoms with E-state index in [0.717, 1.165) is 37.6 Å². The molecule has 1 fully saturated rings. The molecule has 1 aromatic heterocycles. The number of nitrogens with one attached hydrogen (secondary N) is 1. The van der Waals surface area contributed by atoms with Gasteiger partial charge in [-0.05, 0) is 59.4 Å². The smallest absolute Gasteiger partial charge is 0.407 e. The normalized spacial score (nSPS) is 20.0. The molecule has 1 N–H and O–H groups in total. The maximum atomic E-state index is 11.9. The Morgan fingerprint density at radius 3 is 2.87 bits per heavy atom. The van der Waals surface area contributed by atoms with Crippen LogP contribution in [0, 0.1) is 12.8 Å². The molecule has 0 aliphatic carbocycles. The highest BCUT2D eigenvalue weighted by Crippen LogP contribution is 2.24. The van der Waals surface area contributed by atoms with Gasteiger partial charge in [0, 0.05) is 25.3 Å². The van der Waals surface area contributed by atoms with Crippen molar-refractivity contribution < 1.29 is 9.53 Å². The van der Waals surface area contributed by atoms with Crippen molar-refractivity contribution in [3.05, 3.63) is 18.1 Å². The van der Waals surface area contributed by atoms with Crippen LogP contribution in [-0.2, 0) is 4.74 Å². The molecule has 1 aliphatic rings. The molecule has 1 amide bonds. The number of aryl methyl sites for hydroxylation is 1. The third-order valence-corrected chi connectivity index (χ3v) is 3.99. The molecule has 1 saturated heterocycles. The number of hydrogen-bond donors (Lipinski definition) is 1. The lowest BCUT2D eigenvalue weighted by atomic mass is 9.91. The Balaban J connectivity index is 1.94. The maximum Gasteiger partial charge on any atom is 0.407 e. The van der Waals surface area contributed by atoms with E-state index < -0.39 is 5.60 Å². The predicted molar refractivity (Wildman–Crippen MR) is 90.5 cm³/mol. The summed E-state index contributed by atoms with van der Waals surface area (Å²) < 4.78 is 5.34. The second kappa shape index (κ2) is 7.15. The Labute approximate surface area is 138 Å². The number of carbonyl (C=O) groups excluding carboxylic acids is 1. The van der Waals surface area contributed by atoms with E-state index >= 15 is 0 Å².